The highest BCUT2D eigenvalue weighted by Gasteiger charge is 2.37. The summed E-state index contributed by atoms with van der Waals surface area (Å²) in [5.74, 6) is 0.00887. The zero-order valence-electron chi connectivity index (χ0n) is 20.3. The number of thiophene rings is 1. The molecule has 1 fully saturated rings. The van der Waals surface area contributed by atoms with Crippen LogP contribution in [0.5, 0.6) is 5.75 Å². The Morgan fingerprint density at radius 3 is 2.77 bits per heavy atom. The van der Waals surface area contributed by atoms with Gasteiger partial charge >= 0.3 is 5.97 Å². The predicted molar refractivity (Wildman–Crippen MR) is 136 cm³/mol. The summed E-state index contributed by atoms with van der Waals surface area (Å²) in [6, 6.07) is 5.82. The normalized spacial score (nSPS) is 18.6. The highest BCUT2D eigenvalue weighted by Crippen LogP contribution is 2.52. The zero-order valence-corrected chi connectivity index (χ0v) is 21.1. The van der Waals surface area contributed by atoms with Gasteiger partial charge in [-0.05, 0) is 67.3 Å². The Labute approximate surface area is 207 Å². The molecular weight excluding hydrogens is 464 g/mol. The van der Waals surface area contributed by atoms with Gasteiger partial charge in [-0.25, -0.2) is 4.79 Å². The number of carbonyl (C=O) groups is 1. The molecule has 0 spiro atoms. The minimum Gasteiger partial charge on any atom is -0.494 e. The summed E-state index contributed by atoms with van der Waals surface area (Å²) in [6.45, 7) is 6.21. The zero-order chi connectivity index (χ0) is 24.9. The predicted octanol–water partition coefficient (Wildman–Crippen LogP) is 6.57. The molecule has 2 heterocycles. The fourth-order valence-electron chi connectivity index (χ4n) is 5.02. The molecule has 0 aliphatic heterocycles. The number of methoxy groups -OCH3 is 1. The van der Waals surface area contributed by atoms with Crippen LogP contribution in [0.2, 0.25) is 0 Å². The monoisotopic (exact) mass is 492 g/mol. The van der Waals surface area contributed by atoms with E-state index in [9.17, 15) is 15.1 Å². The molecule has 9 heteroatoms. The third-order valence-corrected chi connectivity index (χ3v) is 8.35. The summed E-state index contributed by atoms with van der Waals surface area (Å²) in [6.07, 6.45) is 5.44. The first-order valence-electron chi connectivity index (χ1n) is 11.9. The molecule has 0 bridgehead atoms. The molecule has 0 amide bonds. The van der Waals surface area contributed by atoms with Gasteiger partial charge in [-0.1, -0.05) is 19.0 Å². The number of hydrogen-bond donors (Lipinski definition) is 0. The minimum absolute atomic E-state index is 0.0482. The van der Waals surface area contributed by atoms with E-state index in [2.05, 4.69) is 29.9 Å². The number of fused-ring (bicyclic) bond motifs is 2. The standard InChI is InChI=1S/C26H28N4O4S/c1-5-34-25(32)18-13-30(15-6-7-15)20-17(21(18)31)9-8-16(22(20)33-4)19-12-14-10-11-26(2,3)24(28-29-27)23(14)35-19/h8-9,12-13,15,24H,5-7,10-11H2,1-4H3. The van der Waals surface area contributed by atoms with E-state index in [1.54, 1.807) is 37.6 Å². The van der Waals surface area contributed by atoms with E-state index in [4.69, 9.17) is 9.47 Å². The molecule has 2 aliphatic carbocycles. The van der Waals surface area contributed by atoms with Crippen molar-refractivity contribution >= 4 is 28.2 Å². The highest BCUT2D eigenvalue weighted by atomic mass is 32.1. The van der Waals surface area contributed by atoms with E-state index >= 15 is 0 Å². The van der Waals surface area contributed by atoms with Crippen molar-refractivity contribution in [1.29, 1.82) is 0 Å². The Bertz CT molecular complexity index is 1440. The first-order chi connectivity index (χ1) is 16.8. The van der Waals surface area contributed by atoms with Crippen LogP contribution in [0.15, 0.2) is 34.3 Å². The summed E-state index contributed by atoms with van der Waals surface area (Å²) in [5.41, 5.74) is 11.5. The fraction of sp³-hybridized carbons (Fsp3) is 0.462. The number of aromatic nitrogens is 1. The highest BCUT2D eigenvalue weighted by molar-refractivity contribution is 7.15. The molecule has 35 heavy (non-hydrogen) atoms. The van der Waals surface area contributed by atoms with Crippen LogP contribution in [0.1, 0.15) is 72.9 Å². The van der Waals surface area contributed by atoms with Gasteiger partial charge in [0.05, 0.1) is 30.7 Å². The van der Waals surface area contributed by atoms with E-state index in [1.807, 2.05) is 10.6 Å². The van der Waals surface area contributed by atoms with E-state index in [-0.39, 0.29) is 35.1 Å². The molecule has 2 aromatic heterocycles. The molecule has 2 aliphatic rings. The molecule has 0 saturated heterocycles. The van der Waals surface area contributed by atoms with Crippen LogP contribution in [-0.2, 0) is 11.2 Å². The Morgan fingerprint density at radius 1 is 1.34 bits per heavy atom. The van der Waals surface area contributed by atoms with Gasteiger partial charge in [0.2, 0.25) is 5.43 Å². The molecule has 1 atom stereocenters. The molecule has 1 saturated carbocycles. The van der Waals surface area contributed by atoms with Gasteiger partial charge in [-0.15, -0.1) is 11.3 Å². The Morgan fingerprint density at radius 2 is 2.11 bits per heavy atom. The summed E-state index contributed by atoms with van der Waals surface area (Å²) in [7, 11) is 1.61. The smallest absolute Gasteiger partial charge is 0.343 e. The second kappa shape index (κ2) is 8.73. The molecule has 1 aromatic carbocycles. The first kappa shape index (κ1) is 23.5. The van der Waals surface area contributed by atoms with Crippen molar-refractivity contribution < 1.29 is 14.3 Å². The van der Waals surface area contributed by atoms with Gasteiger partial charge in [0, 0.05) is 32.5 Å². The van der Waals surface area contributed by atoms with Crippen LogP contribution in [0.25, 0.3) is 31.8 Å². The third kappa shape index (κ3) is 3.89. The molecule has 0 radical (unpaired) electrons. The largest absolute Gasteiger partial charge is 0.494 e. The lowest BCUT2D eigenvalue weighted by Crippen LogP contribution is -2.25. The van der Waals surface area contributed by atoms with Crippen molar-refractivity contribution in [2.24, 2.45) is 10.5 Å². The second-order valence-electron chi connectivity index (χ2n) is 9.87. The Kier molecular flexibility index (Phi) is 5.85. The maximum absolute atomic E-state index is 13.3. The van der Waals surface area contributed by atoms with Gasteiger partial charge in [-0.2, -0.15) is 0 Å². The van der Waals surface area contributed by atoms with E-state index in [0.29, 0.717) is 16.7 Å². The number of aryl methyl sites for hydroxylation is 1. The number of ether oxygens (including phenoxy) is 2. The minimum atomic E-state index is -0.602. The van der Waals surface area contributed by atoms with Crippen LogP contribution < -0.4 is 10.2 Å². The molecule has 0 N–H and O–H groups in total. The number of pyridine rings is 1. The lowest BCUT2D eigenvalue weighted by molar-refractivity contribution is 0.0524. The Hall–Kier alpha value is -3.29. The van der Waals surface area contributed by atoms with Crippen molar-refractivity contribution in [3.63, 3.8) is 0 Å². The van der Waals surface area contributed by atoms with E-state index in [0.717, 1.165) is 41.0 Å². The summed E-state index contributed by atoms with van der Waals surface area (Å²) >= 11 is 1.62. The van der Waals surface area contributed by atoms with Gasteiger partial charge in [-0.3, -0.25) is 4.79 Å². The summed E-state index contributed by atoms with van der Waals surface area (Å²) in [4.78, 5) is 31.0. The molecule has 1 unspecified atom stereocenters. The average Bonchev–Trinajstić information content (AvgIpc) is 3.59. The lowest BCUT2D eigenvalue weighted by Gasteiger charge is -2.35. The topological polar surface area (TPSA) is 106 Å². The maximum Gasteiger partial charge on any atom is 0.343 e. The van der Waals surface area contributed by atoms with Crippen LogP contribution in [0.3, 0.4) is 0 Å². The maximum atomic E-state index is 13.3. The lowest BCUT2D eigenvalue weighted by atomic mass is 9.74. The SMILES string of the molecule is CCOC(=O)c1cn(C2CC2)c2c(OC)c(-c3cc4c(s3)C(N=[N+]=[N-])C(C)(C)CC4)ccc2c1=O. The number of azide groups is 1. The third-order valence-electron chi connectivity index (χ3n) is 7.09. The quantitative estimate of drug-likeness (QED) is 0.168. The number of esters is 1. The molecular formula is C26H28N4O4S. The van der Waals surface area contributed by atoms with Crippen LogP contribution >= 0.6 is 11.3 Å². The molecule has 182 valence electrons. The van der Waals surface area contributed by atoms with Gasteiger partial charge < -0.3 is 14.0 Å². The number of nitrogens with zero attached hydrogens (tertiary/aromatic N) is 4. The van der Waals surface area contributed by atoms with E-state index < -0.39 is 5.97 Å². The number of hydrogen-bond acceptors (Lipinski definition) is 6. The number of rotatable bonds is 6. The summed E-state index contributed by atoms with van der Waals surface area (Å²) in [5, 5.41) is 4.59. The molecule has 8 nitrogen and oxygen atoms in total. The number of benzene rings is 1. The van der Waals surface area contributed by atoms with Crippen molar-refractivity contribution in [3.05, 3.63) is 61.1 Å². The molecule has 5 rings (SSSR count). The second-order valence-corrected chi connectivity index (χ2v) is 11.0. The first-order valence-corrected chi connectivity index (χ1v) is 12.7. The van der Waals surface area contributed by atoms with Crippen molar-refractivity contribution in [2.45, 2.75) is 58.5 Å². The fourth-order valence-corrected chi connectivity index (χ4v) is 6.50. The average molecular weight is 493 g/mol. The van der Waals surface area contributed by atoms with Crippen LogP contribution in [-0.4, -0.2) is 24.3 Å². The van der Waals surface area contributed by atoms with E-state index in [1.165, 1.54) is 5.56 Å². The van der Waals surface area contributed by atoms with Crippen molar-refractivity contribution in [2.75, 3.05) is 13.7 Å². The number of carbonyl (C=O) groups excluding carboxylic acids is 1. The van der Waals surface area contributed by atoms with Crippen molar-refractivity contribution in [1.82, 2.24) is 4.57 Å². The van der Waals surface area contributed by atoms with Gasteiger partial charge in [0.15, 0.2) is 5.75 Å². The van der Waals surface area contributed by atoms with Crippen molar-refractivity contribution in [3.8, 4) is 16.2 Å². The molecule has 3 aromatic rings. The van der Waals surface area contributed by atoms with Gasteiger partial charge in [0.25, 0.3) is 0 Å². The van der Waals surface area contributed by atoms with Crippen LogP contribution in [0, 0.1) is 5.41 Å². The van der Waals surface area contributed by atoms with Gasteiger partial charge in [0.1, 0.15) is 5.56 Å². The van der Waals surface area contributed by atoms with Crippen LogP contribution in [0.4, 0.5) is 0 Å². The Balaban J connectivity index is 1.72. The summed E-state index contributed by atoms with van der Waals surface area (Å²) < 4.78 is 13.1.